The van der Waals surface area contributed by atoms with Gasteiger partial charge in [-0.1, -0.05) is 18.7 Å². The summed E-state index contributed by atoms with van der Waals surface area (Å²) in [6.07, 6.45) is 5.39. The van der Waals surface area contributed by atoms with E-state index in [1.54, 1.807) is 18.5 Å². The summed E-state index contributed by atoms with van der Waals surface area (Å²) in [5.41, 5.74) is 9.06. The molecule has 3 aromatic heterocycles. The van der Waals surface area contributed by atoms with Crippen LogP contribution in [0.3, 0.4) is 0 Å². The number of H-pyrrole nitrogens is 1. The van der Waals surface area contributed by atoms with Gasteiger partial charge in [0.25, 0.3) is 0 Å². The van der Waals surface area contributed by atoms with Gasteiger partial charge >= 0.3 is 0 Å². The average molecular weight is 380 g/mol. The zero-order valence-electron chi connectivity index (χ0n) is 14.4. The number of fused-ring (bicyclic) bond motifs is 2. The highest BCUT2D eigenvalue weighted by molar-refractivity contribution is 8.00. The topological polar surface area (TPSA) is 135 Å². The van der Waals surface area contributed by atoms with Crippen LogP contribution in [0.15, 0.2) is 41.9 Å². The molecular formula is C17H16N8OS. The standard InChI is InChI=1S/C17H16N8OS/c1-2-12(27-16-13-14(22-8-21-13)24-17(18)25-16)15(26)23-9-3-4-10-11(7-9)20-6-5-19-10/h3-8,12H,2H2,1H3,(H,23,26)(H3,18,21,22,24,25)/t12-/m1/s1. The van der Waals surface area contributed by atoms with Crippen molar-refractivity contribution >= 4 is 51.5 Å². The number of thioether (sulfide) groups is 1. The van der Waals surface area contributed by atoms with Gasteiger partial charge in [-0.05, 0) is 24.6 Å². The predicted octanol–water partition coefficient (Wildman–Crippen LogP) is 2.39. The zero-order chi connectivity index (χ0) is 18.8. The maximum atomic E-state index is 12.8. The molecule has 0 fully saturated rings. The van der Waals surface area contributed by atoms with Gasteiger partial charge in [-0.25, -0.2) is 9.97 Å². The van der Waals surface area contributed by atoms with Crippen LogP contribution in [0.5, 0.6) is 0 Å². The summed E-state index contributed by atoms with van der Waals surface area (Å²) in [6.45, 7) is 1.94. The maximum Gasteiger partial charge on any atom is 0.237 e. The van der Waals surface area contributed by atoms with Crippen molar-refractivity contribution in [2.75, 3.05) is 11.1 Å². The number of nitrogens with two attached hydrogens (primary N) is 1. The molecule has 0 aliphatic carbocycles. The lowest BCUT2D eigenvalue weighted by Gasteiger charge is -2.15. The van der Waals surface area contributed by atoms with Crippen LogP contribution < -0.4 is 11.1 Å². The quantitative estimate of drug-likeness (QED) is 0.355. The van der Waals surface area contributed by atoms with Crippen molar-refractivity contribution in [3.63, 3.8) is 0 Å². The molecular weight excluding hydrogens is 364 g/mol. The Bertz CT molecular complexity index is 1130. The summed E-state index contributed by atoms with van der Waals surface area (Å²) >= 11 is 1.33. The Kier molecular flexibility index (Phi) is 4.55. The third kappa shape index (κ3) is 3.51. The molecule has 0 saturated heterocycles. The number of hydrogen-bond donors (Lipinski definition) is 3. The molecule has 0 spiro atoms. The van der Waals surface area contributed by atoms with Gasteiger partial charge in [0.15, 0.2) is 5.65 Å². The van der Waals surface area contributed by atoms with Crippen LogP contribution in [0.1, 0.15) is 13.3 Å². The van der Waals surface area contributed by atoms with Crippen molar-refractivity contribution in [3.05, 3.63) is 36.9 Å². The molecule has 0 saturated carbocycles. The van der Waals surface area contributed by atoms with Gasteiger partial charge in [-0.2, -0.15) is 4.98 Å². The minimum atomic E-state index is -0.358. The molecule has 0 aliphatic rings. The van der Waals surface area contributed by atoms with Crippen molar-refractivity contribution < 1.29 is 4.79 Å². The van der Waals surface area contributed by atoms with E-state index in [1.165, 1.54) is 18.1 Å². The lowest BCUT2D eigenvalue weighted by molar-refractivity contribution is -0.115. The average Bonchev–Trinajstić information content (AvgIpc) is 3.14. The van der Waals surface area contributed by atoms with E-state index in [2.05, 4.69) is 35.2 Å². The van der Waals surface area contributed by atoms with Crippen molar-refractivity contribution in [2.45, 2.75) is 23.6 Å². The second-order valence-electron chi connectivity index (χ2n) is 5.75. The second-order valence-corrected chi connectivity index (χ2v) is 6.94. The molecule has 4 rings (SSSR count). The predicted molar refractivity (Wildman–Crippen MR) is 104 cm³/mol. The molecule has 4 aromatic rings. The number of imidazole rings is 1. The molecule has 10 heteroatoms. The number of benzene rings is 1. The van der Waals surface area contributed by atoms with E-state index in [9.17, 15) is 4.79 Å². The lowest BCUT2D eigenvalue weighted by Crippen LogP contribution is -2.24. The fraction of sp³-hybridized carbons (Fsp3) is 0.176. The number of carbonyl (C=O) groups excluding carboxylic acids is 1. The summed E-state index contributed by atoms with van der Waals surface area (Å²) < 4.78 is 0. The van der Waals surface area contributed by atoms with E-state index in [-0.39, 0.29) is 17.1 Å². The molecule has 27 heavy (non-hydrogen) atoms. The number of carbonyl (C=O) groups is 1. The first-order valence-electron chi connectivity index (χ1n) is 8.29. The van der Waals surface area contributed by atoms with Crippen molar-refractivity contribution in [1.82, 2.24) is 29.9 Å². The molecule has 3 heterocycles. The number of anilines is 2. The molecule has 1 atom stereocenters. The summed E-state index contributed by atoms with van der Waals surface area (Å²) in [6, 6.07) is 5.43. The second kappa shape index (κ2) is 7.16. The Hall–Kier alpha value is -3.27. The summed E-state index contributed by atoms with van der Waals surface area (Å²) in [7, 11) is 0. The first-order chi connectivity index (χ1) is 13.1. The highest BCUT2D eigenvalue weighted by atomic mass is 32.2. The Labute approximate surface area is 158 Å². The van der Waals surface area contributed by atoms with Crippen LogP contribution in [0, 0.1) is 0 Å². The molecule has 1 aromatic carbocycles. The third-order valence-corrected chi connectivity index (χ3v) is 5.27. The molecule has 0 unspecified atom stereocenters. The van der Waals surface area contributed by atoms with Gasteiger partial charge in [-0.15, -0.1) is 0 Å². The van der Waals surface area contributed by atoms with Gasteiger partial charge in [0.2, 0.25) is 11.9 Å². The number of aromatic amines is 1. The van der Waals surface area contributed by atoms with Crippen LogP contribution in [0.25, 0.3) is 22.2 Å². The molecule has 1 amide bonds. The molecule has 0 bridgehead atoms. The lowest BCUT2D eigenvalue weighted by atomic mass is 10.2. The molecule has 136 valence electrons. The van der Waals surface area contributed by atoms with Crippen LogP contribution in [0.4, 0.5) is 11.6 Å². The normalized spacial score (nSPS) is 12.3. The maximum absolute atomic E-state index is 12.8. The highest BCUT2D eigenvalue weighted by Gasteiger charge is 2.21. The fourth-order valence-electron chi connectivity index (χ4n) is 2.63. The van der Waals surface area contributed by atoms with E-state index < -0.39 is 0 Å². The summed E-state index contributed by atoms with van der Waals surface area (Å²) in [5, 5.41) is 3.17. The number of nitrogens with zero attached hydrogens (tertiary/aromatic N) is 5. The van der Waals surface area contributed by atoms with Crippen LogP contribution in [0.2, 0.25) is 0 Å². The molecule has 0 radical (unpaired) electrons. The number of nitrogens with one attached hydrogen (secondary N) is 2. The Morgan fingerprint density at radius 1 is 1.22 bits per heavy atom. The summed E-state index contributed by atoms with van der Waals surface area (Å²) in [4.78, 5) is 36.7. The van der Waals surface area contributed by atoms with Gasteiger partial charge in [0.1, 0.15) is 10.5 Å². The van der Waals surface area contributed by atoms with Crippen LogP contribution in [-0.4, -0.2) is 41.1 Å². The summed E-state index contributed by atoms with van der Waals surface area (Å²) in [5.74, 6) is -0.00365. The number of rotatable bonds is 5. The minimum Gasteiger partial charge on any atom is -0.368 e. The number of hydrogen-bond acceptors (Lipinski definition) is 8. The third-order valence-electron chi connectivity index (χ3n) is 3.92. The van der Waals surface area contributed by atoms with Crippen molar-refractivity contribution in [1.29, 1.82) is 0 Å². The smallest absolute Gasteiger partial charge is 0.237 e. The Balaban J connectivity index is 1.56. The SMILES string of the molecule is CC[C@@H](Sc1nc(N)nc2nc[nH]c12)C(=O)Nc1ccc2nccnc2c1. The van der Waals surface area contributed by atoms with E-state index in [0.29, 0.717) is 28.3 Å². The first kappa shape index (κ1) is 17.2. The van der Waals surface area contributed by atoms with Gasteiger partial charge in [0.05, 0.1) is 22.6 Å². The largest absolute Gasteiger partial charge is 0.368 e. The molecule has 9 nitrogen and oxygen atoms in total. The number of aromatic nitrogens is 6. The van der Waals surface area contributed by atoms with Gasteiger partial charge in [-0.3, -0.25) is 14.8 Å². The van der Waals surface area contributed by atoms with Crippen molar-refractivity contribution in [3.8, 4) is 0 Å². The first-order valence-corrected chi connectivity index (χ1v) is 9.17. The van der Waals surface area contributed by atoms with E-state index in [0.717, 1.165) is 11.0 Å². The monoisotopic (exact) mass is 380 g/mol. The Morgan fingerprint density at radius 3 is 2.85 bits per heavy atom. The highest BCUT2D eigenvalue weighted by Crippen LogP contribution is 2.30. The minimum absolute atomic E-state index is 0.125. The zero-order valence-corrected chi connectivity index (χ0v) is 15.2. The van der Waals surface area contributed by atoms with E-state index >= 15 is 0 Å². The molecule has 4 N–H and O–H groups in total. The molecule has 0 aliphatic heterocycles. The number of nitrogen functional groups attached to an aromatic ring is 1. The van der Waals surface area contributed by atoms with E-state index in [4.69, 9.17) is 5.73 Å². The van der Waals surface area contributed by atoms with Crippen molar-refractivity contribution in [2.24, 2.45) is 0 Å². The Morgan fingerprint density at radius 2 is 2.04 bits per heavy atom. The van der Waals surface area contributed by atoms with Gasteiger partial charge < -0.3 is 16.0 Å². The van der Waals surface area contributed by atoms with Crippen LogP contribution in [-0.2, 0) is 4.79 Å². The number of amides is 1. The van der Waals surface area contributed by atoms with Gasteiger partial charge in [0, 0.05) is 18.1 Å². The van der Waals surface area contributed by atoms with E-state index in [1.807, 2.05) is 19.1 Å². The van der Waals surface area contributed by atoms with Crippen LogP contribution >= 0.6 is 11.8 Å². The fourth-order valence-corrected chi connectivity index (χ4v) is 3.65.